The number of hydrogen-bond donors (Lipinski definition) is 2. The Morgan fingerprint density at radius 1 is 1.13 bits per heavy atom. The lowest BCUT2D eigenvalue weighted by atomic mass is 9.80. The predicted octanol–water partition coefficient (Wildman–Crippen LogP) is 3.82. The van der Waals surface area contributed by atoms with Gasteiger partial charge in [0, 0.05) is 43.2 Å². The number of carbonyl (C=O) groups excluding carboxylic acids is 1. The number of benzene rings is 1. The molecular weight excluding hydrogens is 520 g/mol. The van der Waals surface area contributed by atoms with E-state index in [0.717, 1.165) is 21.4 Å². The molecular formula is C26H28N8O4S. The van der Waals surface area contributed by atoms with Gasteiger partial charge in [0.2, 0.25) is 11.8 Å². The average Bonchev–Trinajstić information content (AvgIpc) is 3.37. The number of nitrogens with two attached hydrogens (primary N) is 1. The first-order valence-corrected chi connectivity index (χ1v) is 13.2. The summed E-state index contributed by atoms with van der Waals surface area (Å²) in [5, 5.41) is 9.99. The van der Waals surface area contributed by atoms with E-state index in [1.165, 1.54) is 29.5 Å². The van der Waals surface area contributed by atoms with Crippen LogP contribution in [0.3, 0.4) is 0 Å². The molecule has 1 aromatic carbocycles. The molecule has 0 unspecified atom stereocenters. The molecule has 0 bridgehead atoms. The third-order valence-electron chi connectivity index (χ3n) is 7.03. The summed E-state index contributed by atoms with van der Waals surface area (Å²) < 4.78 is 6.10. The van der Waals surface area contributed by atoms with E-state index < -0.39 is 17.4 Å². The molecule has 1 aliphatic rings. The van der Waals surface area contributed by atoms with Crippen LogP contribution < -0.4 is 20.3 Å². The van der Waals surface area contributed by atoms with E-state index >= 15 is 0 Å². The second-order valence-corrected chi connectivity index (χ2v) is 10.5. The highest BCUT2D eigenvalue weighted by molar-refractivity contribution is 7.23. The molecule has 1 fully saturated rings. The summed E-state index contributed by atoms with van der Waals surface area (Å²) in [5.41, 5.74) is 8.46. The number of hydrogen-bond acceptors (Lipinski definition) is 10. The highest BCUT2D eigenvalue weighted by Gasteiger charge is 2.37. The van der Waals surface area contributed by atoms with Gasteiger partial charge in [-0.3, -0.25) is 14.7 Å². The van der Waals surface area contributed by atoms with Crippen molar-refractivity contribution in [3.8, 4) is 28.3 Å². The number of fused-ring (bicyclic) bond motifs is 1. The number of anilines is 2. The lowest BCUT2D eigenvalue weighted by Gasteiger charge is -2.36. The summed E-state index contributed by atoms with van der Waals surface area (Å²) in [6, 6.07) is 3.30. The largest absolute Gasteiger partial charge is 0.481 e. The fourth-order valence-corrected chi connectivity index (χ4v) is 5.64. The number of piperidine rings is 1. The zero-order valence-electron chi connectivity index (χ0n) is 21.8. The summed E-state index contributed by atoms with van der Waals surface area (Å²) in [5.74, 6) is 0.159. The van der Waals surface area contributed by atoms with Gasteiger partial charge >= 0.3 is 12.0 Å². The summed E-state index contributed by atoms with van der Waals surface area (Å²) in [4.78, 5) is 49.7. The van der Waals surface area contributed by atoms with Crippen LogP contribution in [-0.4, -0.2) is 68.8 Å². The van der Waals surface area contributed by atoms with Gasteiger partial charge in [-0.1, -0.05) is 11.3 Å². The smallest absolute Gasteiger partial charge is 0.321 e. The van der Waals surface area contributed by atoms with Crippen LogP contribution in [0.1, 0.15) is 26.7 Å². The Balaban J connectivity index is 1.53. The van der Waals surface area contributed by atoms with Crippen molar-refractivity contribution in [2.45, 2.75) is 26.7 Å². The van der Waals surface area contributed by atoms with Crippen molar-refractivity contribution in [3.63, 3.8) is 0 Å². The average molecular weight is 549 g/mol. The van der Waals surface area contributed by atoms with E-state index in [-0.39, 0.29) is 0 Å². The summed E-state index contributed by atoms with van der Waals surface area (Å²) in [6.07, 6.45) is 7.71. The molecule has 1 aliphatic heterocycles. The number of carboxylic acids is 1. The second kappa shape index (κ2) is 10.4. The number of carboxylic acid groups (broad SMARTS) is 1. The van der Waals surface area contributed by atoms with Crippen molar-refractivity contribution in [3.05, 3.63) is 36.9 Å². The molecule has 13 heteroatoms. The first-order chi connectivity index (χ1) is 18.7. The van der Waals surface area contributed by atoms with Crippen LogP contribution in [0.2, 0.25) is 0 Å². The maximum Gasteiger partial charge on any atom is 0.321 e. The monoisotopic (exact) mass is 548 g/mol. The number of nitrogens with zero attached hydrogens (tertiary/aromatic N) is 7. The summed E-state index contributed by atoms with van der Waals surface area (Å²) in [7, 11) is 1.53. The Bertz CT molecular complexity index is 1530. The molecule has 12 nitrogen and oxygen atoms in total. The maximum atomic E-state index is 12.0. The topological polar surface area (TPSA) is 161 Å². The van der Waals surface area contributed by atoms with Crippen molar-refractivity contribution in [1.29, 1.82) is 0 Å². The Kier molecular flexibility index (Phi) is 7.00. The number of ether oxygens (including phenoxy) is 1. The van der Waals surface area contributed by atoms with E-state index in [0.29, 0.717) is 60.6 Å². The van der Waals surface area contributed by atoms with Gasteiger partial charge < -0.3 is 20.5 Å². The van der Waals surface area contributed by atoms with Crippen molar-refractivity contribution < 1.29 is 19.4 Å². The molecule has 4 heterocycles. The van der Waals surface area contributed by atoms with Crippen molar-refractivity contribution in [2.24, 2.45) is 11.1 Å². The lowest BCUT2D eigenvalue weighted by molar-refractivity contribution is -0.149. The molecule has 0 radical (unpaired) electrons. The van der Waals surface area contributed by atoms with Gasteiger partial charge in [-0.2, -0.15) is 0 Å². The molecule has 0 aliphatic carbocycles. The predicted molar refractivity (Wildman–Crippen MR) is 148 cm³/mol. The molecule has 3 N–H and O–H groups in total. The molecule has 0 saturated carbocycles. The van der Waals surface area contributed by atoms with Gasteiger partial charge in [0.15, 0.2) is 5.13 Å². The van der Waals surface area contributed by atoms with Crippen LogP contribution in [-0.2, 0) is 4.79 Å². The third-order valence-corrected chi connectivity index (χ3v) is 8.15. The molecule has 39 heavy (non-hydrogen) atoms. The number of rotatable bonds is 7. The Morgan fingerprint density at radius 2 is 1.85 bits per heavy atom. The van der Waals surface area contributed by atoms with Gasteiger partial charge in [0.25, 0.3) is 0 Å². The normalized spacial score (nSPS) is 14.8. The van der Waals surface area contributed by atoms with Crippen LogP contribution in [0.15, 0.2) is 36.9 Å². The standard InChI is InChI=1S/C26H28N8O4S/c1-4-34(23(27)37)25-32-18-10-15(9-17(21(18)39-25)19-13-28-14-20(31-19)38-3)16-11-29-24(30-12-16)33-7-5-26(2,6-8-33)22(35)36/h9-14H,4-8H2,1-3H3,(H2,27,37)(H,35,36). The van der Waals surface area contributed by atoms with E-state index in [1.807, 2.05) is 24.0 Å². The number of carbonyl (C=O) groups is 2. The third kappa shape index (κ3) is 5.04. The zero-order valence-corrected chi connectivity index (χ0v) is 22.6. The van der Waals surface area contributed by atoms with Crippen LogP contribution in [0.5, 0.6) is 5.88 Å². The van der Waals surface area contributed by atoms with E-state index in [2.05, 4.69) is 19.9 Å². The molecule has 0 atom stereocenters. The molecule has 3 aromatic heterocycles. The minimum atomic E-state index is -0.770. The zero-order chi connectivity index (χ0) is 27.7. The minimum Gasteiger partial charge on any atom is -0.481 e. The molecule has 4 aromatic rings. The van der Waals surface area contributed by atoms with Gasteiger partial charge in [-0.05, 0) is 44.4 Å². The van der Waals surface area contributed by atoms with E-state index in [4.69, 9.17) is 15.5 Å². The van der Waals surface area contributed by atoms with Crippen LogP contribution in [0, 0.1) is 5.41 Å². The van der Waals surface area contributed by atoms with Crippen molar-refractivity contribution in [2.75, 3.05) is 36.5 Å². The highest BCUT2D eigenvalue weighted by atomic mass is 32.1. The summed E-state index contributed by atoms with van der Waals surface area (Å²) in [6.45, 7) is 5.14. The Morgan fingerprint density at radius 3 is 2.46 bits per heavy atom. The Hall–Kier alpha value is -4.39. The number of amides is 2. The van der Waals surface area contributed by atoms with Gasteiger partial charge in [-0.15, -0.1) is 0 Å². The molecule has 1 saturated heterocycles. The Labute approximate surface area is 228 Å². The van der Waals surface area contributed by atoms with Gasteiger partial charge in [0.05, 0.1) is 40.8 Å². The minimum absolute atomic E-state index is 0.372. The van der Waals surface area contributed by atoms with E-state index in [1.54, 1.807) is 25.5 Å². The first-order valence-electron chi connectivity index (χ1n) is 12.4. The van der Waals surface area contributed by atoms with Gasteiger partial charge in [-0.25, -0.2) is 24.7 Å². The second-order valence-electron chi connectivity index (χ2n) is 9.52. The lowest BCUT2D eigenvalue weighted by Crippen LogP contribution is -2.43. The number of urea groups is 1. The number of thiazole rings is 1. The van der Waals surface area contributed by atoms with E-state index in [9.17, 15) is 14.7 Å². The van der Waals surface area contributed by atoms with Crippen LogP contribution >= 0.6 is 11.3 Å². The number of aromatic nitrogens is 5. The van der Waals surface area contributed by atoms with Crippen LogP contribution in [0.25, 0.3) is 32.6 Å². The fourth-order valence-electron chi connectivity index (χ4n) is 4.50. The number of aliphatic carboxylic acids is 1. The highest BCUT2D eigenvalue weighted by Crippen LogP contribution is 2.39. The fraction of sp³-hybridized carbons (Fsp3) is 0.346. The van der Waals surface area contributed by atoms with Crippen LogP contribution in [0.4, 0.5) is 15.9 Å². The quantitative estimate of drug-likeness (QED) is 0.347. The molecule has 2 amide bonds. The maximum absolute atomic E-state index is 12.0. The van der Waals surface area contributed by atoms with Crippen molar-refractivity contribution in [1.82, 2.24) is 24.9 Å². The van der Waals surface area contributed by atoms with Crippen molar-refractivity contribution >= 4 is 44.6 Å². The molecule has 202 valence electrons. The van der Waals surface area contributed by atoms with Gasteiger partial charge in [0.1, 0.15) is 0 Å². The molecule has 5 rings (SSSR count). The SMILES string of the molecule is CCN(C(N)=O)c1nc2cc(-c3cnc(N4CCC(C)(C(=O)O)CC4)nc3)cc(-c3cncc(OC)n3)c2s1. The molecule has 0 spiro atoms. The number of primary amides is 1. The summed E-state index contributed by atoms with van der Waals surface area (Å²) >= 11 is 1.35. The number of methoxy groups -OCH3 is 1. The first kappa shape index (κ1) is 26.2.